The van der Waals surface area contributed by atoms with Crippen molar-refractivity contribution in [2.45, 2.75) is 238 Å². The minimum Gasteiger partial charge on any atom is -0.396 e. The summed E-state index contributed by atoms with van der Waals surface area (Å²) in [6.07, 6.45) is 50.2. The van der Waals surface area contributed by atoms with Crippen LogP contribution in [0.5, 0.6) is 0 Å². The Morgan fingerprint density at radius 2 is 0.465 bits per heavy atom. The lowest BCUT2D eigenvalue weighted by Gasteiger charge is -2.05. The Morgan fingerprint density at radius 3 is 0.628 bits per heavy atom. The Bertz CT molecular complexity index is 513. The van der Waals surface area contributed by atoms with E-state index in [2.05, 4.69) is 0 Å². The highest BCUT2D eigenvalue weighted by molar-refractivity contribution is 5.74. The zero-order valence-electron chi connectivity index (χ0n) is 29.2. The SMILES string of the molecule is O=C(CCCCCCCCCCCCCCCCCCCCCCCCCCCCCCCCCCCCCCO)NO. The first-order valence-corrected chi connectivity index (χ1v) is 19.8. The third kappa shape index (κ3) is 39.4. The van der Waals surface area contributed by atoms with Crippen LogP contribution < -0.4 is 5.48 Å². The normalized spacial score (nSPS) is 11.4. The molecule has 0 spiro atoms. The first-order chi connectivity index (χ1) is 21.3. The molecule has 0 heterocycles. The van der Waals surface area contributed by atoms with Crippen molar-refractivity contribution in [1.29, 1.82) is 0 Å². The lowest BCUT2D eigenvalue weighted by Crippen LogP contribution is -2.17. The highest BCUT2D eigenvalue weighted by atomic mass is 16.5. The summed E-state index contributed by atoms with van der Waals surface area (Å²) in [4.78, 5) is 10.9. The van der Waals surface area contributed by atoms with Crippen molar-refractivity contribution in [2.24, 2.45) is 0 Å². The Morgan fingerprint density at radius 1 is 0.302 bits per heavy atom. The molecule has 258 valence electrons. The molecule has 0 rings (SSSR count). The predicted octanol–water partition coefficient (Wildman–Crippen LogP) is 12.9. The van der Waals surface area contributed by atoms with Crippen LogP contribution >= 0.6 is 0 Å². The van der Waals surface area contributed by atoms with E-state index in [0.717, 1.165) is 19.3 Å². The van der Waals surface area contributed by atoms with Gasteiger partial charge in [0.05, 0.1) is 0 Å². The number of unbranched alkanes of at least 4 members (excludes halogenated alkanes) is 35. The number of rotatable bonds is 38. The van der Waals surface area contributed by atoms with Gasteiger partial charge in [0, 0.05) is 13.0 Å². The molecule has 0 atom stereocenters. The number of aliphatic hydroxyl groups excluding tert-OH is 1. The van der Waals surface area contributed by atoms with E-state index in [0.29, 0.717) is 13.0 Å². The summed E-state index contributed by atoms with van der Waals surface area (Å²) in [6, 6.07) is 0. The fraction of sp³-hybridized carbons (Fsp3) is 0.974. The minimum atomic E-state index is -0.256. The third-order valence-electron chi connectivity index (χ3n) is 9.44. The minimum absolute atomic E-state index is 0.256. The molecule has 0 aromatic carbocycles. The average Bonchev–Trinajstić information content (AvgIpc) is 3.02. The molecule has 43 heavy (non-hydrogen) atoms. The van der Waals surface area contributed by atoms with Crippen molar-refractivity contribution in [3.63, 3.8) is 0 Å². The Kier molecular flexibility index (Phi) is 38.9. The van der Waals surface area contributed by atoms with E-state index in [1.54, 1.807) is 5.48 Å². The fourth-order valence-corrected chi connectivity index (χ4v) is 6.46. The van der Waals surface area contributed by atoms with E-state index in [-0.39, 0.29) is 5.91 Å². The monoisotopic (exact) mass is 610 g/mol. The Hall–Kier alpha value is -0.610. The van der Waals surface area contributed by atoms with Crippen molar-refractivity contribution < 1.29 is 15.1 Å². The van der Waals surface area contributed by atoms with Crippen LogP contribution in [0.3, 0.4) is 0 Å². The van der Waals surface area contributed by atoms with E-state index < -0.39 is 0 Å². The molecule has 4 nitrogen and oxygen atoms in total. The van der Waals surface area contributed by atoms with Crippen LogP contribution in [-0.2, 0) is 4.79 Å². The number of carbonyl (C=O) groups is 1. The smallest absolute Gasteiger partial charge is 0.243 e. The lowest BCUT2D eigenvalue weighted by molar-refractivity contribution is -0.129. The van der Waals surface area contributed by atoms with Gasteiger partial charge < -0.3 is 5.11 Å². The molecule has 0 radical (unpaired) electrons. The van der Waals surface area contributed by atoms with Gasteiger partial charge in [-0.05, 0) is 12.8 Å². The van der Waals surface area contributed by atoms with Crippen LogP contribution in [0, 0.1) is 0 Å². The maximum Gasteiger partial charge on any atom is 0.243 e. The fourth-order valence-electron chi connectivity index (χ4n) is 6.46. The van der Waals surface area contributed by atoms with Crippen LogP contribution in [0.15, 0.2) is 0 Å². The molecule has 4 heteroatoms. The molecule has 0 aliphatic heterocycles. The molecule has 0 aliphatic rings. The third-order valence-corrected chi connectivity index (χ3v) is 9.44. The van der Waals surface area contributed by atoms with Crippen LogP contribution in [0.2, 0.25) is 0 Å². The van der Waals surface area contributed by atoms with Crippen LogP contribution in [0.25, 0.3) is 0 Å². The molecule has 0 saturated carbocycles. The van der Waals surface area contributed by atoms with Gasteiger partial charge >= 0.3 is 0 Å². The van der Waals surface area contributed by atoms with Gasteiger partial charge in [-0.3, -0.25) is 10.0 Å². The number of hydrogen-bond acceptors (Lipinski definition) is 3. The molecule has 0 unspecified atom stereocenters. The van der Waals surface area contributed by atoms with Crippen LogP contribution in [-0.4, -0.2) is 22.8 Å². The maximum atomic E-state index is 10.9. The van der Waals surface area contributed by atoms with Gasteiger partial charge in [-0.1, -0.05) is 218 Å². The van der Waals surface area contributed by atoms with Gasteiger partial charge in [-0.25, -0.2) is 5.48 Å². The van der Waals surface area contributed by atoms with Crippen LogP contribution in [0.1, 0.15) is 238 Å². The van der Waals surface area contributed by atoms with Gasteiger partial charge in [-0.2, -0.15) is 0 Å². The second-order valence-corrected chi connectivity index (χ2v) is 13.7. The number of hydroxylamine groups is 1. The number of carbonyl (C=O) groups excluding carboxylic acids is 1. The predicted molar refractivity (Wildman–Crippen MR) is 188 cm³/mol. The van der Waals surface area contributed by atoms with Gasteiger partial charge in [-0.15, -0.1) is 0 Å². The molecule has 0 fully saturated rings. The van der Waals surface area contributed by atoms with Crippen LogP contribution in [0.4, 0.5) is 0 Å². The standard InChI is InChI=1S/C39H79NO3/c41-38-36-34-32-30-28-26-24-22-20-18-16-14-12-10-8-6-4-2-1-3-5-7-9-11-13-15-17-19-21-23-25-27-29-31-33-35-37-39(42)40-43/h41,43H,1-38H2,(H,40,42). The average molecular weight is 610 g/mol. The van der Waals surface area contributed by atoms with Gasteiger partial charge in [0.25, 0.3) is 0 Å². The second-order valence-electron chi connectivity index (χ2n) is 13.7. The zero-order chi connectivity index (χ0) is 31.2. The maximum absolute atomic E-state index is 10.9. The Balaban J connectivity index is 3.04. The van der Waals surface area contributed by atoms with Crippen molar-refractivity contribution in [2.75, 3.05) is 6.61 Å². The summed E-state index contributed by atoms with van der Waals surface area (Å²) in [6.45, 7) is 0.368. The van der Waals surface area contributed by atoms with E-state index in [1.807, 2.05) is 0 Å². The highest BCUT2D eigenvalue weighted by Gasteiger charge is 1.99. The van der Waals surface area contributed by atoms with E-state index in [1.165, 1.54) is 212 Å². The molecule has 1 amide bonds. The molecule has 0 aromatic rings. The van der Waals surface area contributed by atoms with Crippen molar-refractivity contribution in [3.8, 4) is 0 Å². The molecule has 3 N–H and O–H groups in total. The van der Waals surface area contributed by atoms with E-state index in [9.17, 15) is 4.79 Å². The molecular formula is C39H79NO3. The first-order valence-electron chi connectivity index (χ1n) is 19.8. The van der Waals surface area contributed by atoms with Gasteiger partial charge in [0.1, 0.15) is 0 Å². The number of aliphatic hydroxyl groups is 1. The summed E-state index contributed by atoms with van der Waals surface area (Å²) in [5.74, 6) is -0.256. The van der Waals surface area contributed by atoms with Gasteiger partial charge in [0.15, 0.2) is 0 Å². The van der Waals surface area contributed by atoms with Crippen molar-refractivity contribution >= 4 is 5.91 Å². The topological polar surface area (TPSA) is 69.6 Å². The molecular weight excluding hydrogens is 530 g/mol. The highest BCUT2D eigenvalue weighted by Crippen LogP contribution is 2.17. The number of hydrogen-bond donors (Lipinski definition) is 3. The summed E-state index contributed by atoms with van der Waals surface area (Å²) >= 11 is 0. The van der Waals surface area contributed by atoms with Gasteiger partial charge in [0.2, 0.25) is 5.91 Å². The van der Waals surface area contributed by atoms with Crippen molar-refractivity contribution in [3.05, 3.63) is 0 Å². The molecule has 0 aliphatic carbocycles. The zero-order valence-corrected chi connectivity index (χ0v) is 29.2. The quantitative estimate of drug-likeness (QED) is 0.0370. The number of nitrogens with one attached hydrogen (secondary N) is 1. The summed E-state index contributed by atoms with van der Waals surface area (Å²) in [5, 5.41) is 17.3. The first kappa shape index (κ1) is 42.4. The molecule has 0 saturated heterocycles. The summed E-state index contributed by atoms with van der Waals surface area (Å²) in [5.41, 5.74) is 1.70. The Labute approximate surface area is 270 Å². The molecule has 0 bridgehead atoms. The van der Waals surface area contributed by atoms with Crippen molar-refractivity contribution in [1.82, 2.24) is 5.48 Å². The van der Waals surface area contributed by atoms with E-state index in [4.69, 9.17) is 10.3 Å². The second kappa shape index (κ2) is 39.4. The molecule has 0 aromatic heterocycles. The summed E-state index contributed by atoms with van der Waals surface area (Å²) in [7, 11) is 0. The largest absolute Gasteiger partial charge is 0.396 e. The summed E-state index contributed by atoms with van der Waals surface area (Å²) < 4.78 is 0. The lowest BCUT2D eigenvalue weighted by atomic mass is 10.0. The number of amides is 1. The van der Waals surface area contributed by atoms with E-state index >= 15 is 0 Å².